The maximum Gasteiger partial charge on any atom is 0.407 e. The molecule has 1 fully saturated rings. The number of fused-ring (bicyclic) bond motifs is 1. The fourth-order valence-corrected chi connectivity index (χ4v) is 4.83. The molecule has 0 bridgehead atoms. The molecular formula is C13H13ClN2O2S2. The van der Waals surface area contributed by atoms with Crippen molar-refractivity contribution in [3.8, 4) is 0 Å². The van der Waals surface area contributed by atoms with Gasteiger partial charge < -0.3 is 10.0 Å². The number of carboxylic acid groups (broad SMARTS) is 1. The fraction of sp³-hybridized carbons (Fsp3) is 0.385. The average Bonchev–Trinajstić information content (AvgIpc) is 2.80. The number of rotatable bonds is 2. The molecule has 2 aromatic rings. The van der Waals surface area contributed by atoms with Crippen LogP contribution < -0.4 is 0 Å². The summed E-state index contributed by atoms with van der Waals surface area (Å²) in [6.45, 7) is 1.23. The smallest absolute Gasteiger partial charge is 0.407 e. The second-order valence-corrected chi connectivity index (χ2v) is 7.69. The lowest BCUT2D eigenvalue weighted by Gasteiger charge is -2.28. The van der Waals surface area contributed by atoms with Crippen molar-refractivity contribution in [1.82, 2.24) is 9.88 Å². The number of hydrogen-bond donors (Lipinski definition) is 1. The van der Waals surface area contributed by atoms with Gasteiger partial charge in [-0.15, -0.1) is 11.3 Å². The number of likely N-dealkylation sites (tertiary alicyclic amines) is 1. The number of halogens is 1. The highest BCUT2D eigenvalue weighted by Crippen LogP contribution is 2.36. The van der Waals surface area contributed by atoms with E-state index in [1.165, 1.54) is 4.90 Å². The van der Waals surface area contributed by atoms with E-state index in [-0.39, 0.29) is 0 Å². The molecule has 106 valence electrons. The van der Waals surface area contributed by atoms with Crippen LogP contribution in [0.25, 0.3) is 10.2 Å². The van der Waals surface area contributed by atoms with Crippen molar-refractivity contribution < 1.29 is 9.90 Å². The van der Waals surface area contributed by atoms with Crippen molar-refractivity contribution in [3.05, 3.63) is 23.2 Å². The van der Waals surface area contributed by atoms with Gasteiger partial charge in [-0.3, -0.25) is 0 Å². The number of hydrogen-bond acceptors (Lipinski definition) is 4. The summed E-state index contributed by atoms with van der Waals surface area (Å²) in [5.41, 5.74) is 0.938. The Hall–Kier alpha value is -0.980. The van der Waals surface area contributed by atoms with Crippen molar-refractivity contribution >= 4 is 51.0 Å². The molecule has 1 aliphatic heterocycles. The van der Waals surface area contributed by atoms with E-state index in [9.17, 15) is 4.79 Å². The molecule has 0 unspecified atom stereocenters. The fourth-order valence-electron chi connectivity index (χ4n) is 2.24. The molecule has 0 aliphatic carbocycles. The second-order valence-electron chi connectivity index (χ2n) is 4.68. The van der Waals surface area contributed by atoms with Crippen LogP contribution in [-0.2, 0) is 0 Å². The normalized spacial score (nSPS) is 16.8. The Balaban J connectivity index is 1.66. The molecule has 7 heteroatoms. The highest BCUT2D eigenvalue weighted by Gasteiger charge is 2.23. The van der Waals surface area contributed by atoms with Crippen molar-refractivity contribution in [2.75, 3.05) is 13.1 Å². The Morgan fingerprint density at radius 2 is 2.20 bits per heavy atom. The number of nitrogens with zero attached hydrogens (tertiary/aromatic N) is 2. The quantitative estimate of drug-likeness (QED) is 0.898. The predicted octanol–water partition coefficient (Wildman–Crippen LogP) is 4.18. The molecule has 1 aliphatic rings. The number of thiazole rings is 1. The minimum absolute atomic E-state index is 0.446. The average molecular weight is 329 g/mol. The molecule has 1 saturated heterocycles. The summed E-state index contributed by atoms with van der Waals surface area (Å²) in [5, 5.41) is 10.1. The van der Waals surface area contributed by atoms with Crippen molar-refractivity contribution in [1.29, 1.82) is 0 Å². The Morgan fingerprint density at radius 3 is 2.90 bits per heavy atom. The molecule has 1 aromatic carbocycles. The lowest BCUT2D eigenvalue weighted by molar-refractivity contribution is 0.136. The molecule has 0 spiro atoms. The van der Waals surface area contributed by atoms with Gasteiger partial charge in [-0.2, -0.15) is 0 Å². The zero-order chi connectivity index (χ0) is 14.1. The van der Waals surface area contributed by atoms with Gasteiger partial charge in [0.1, 0.15) is 0 Å². The van der Waals surface area contributed by atoms with Gasteiger partial charge >= 0.3 is 6.09 Å². The van der Waals surface area contributed by atoms with Crippen LogP contribution in [0.4, 0.5) is 4.79 Å². The van der Waals surface area contributed by atoms with Crippen LogP contribution in [0.1, 0.15) is 12.8 Å². The summed E-state index contributed by atoms with van der Waals surface area (Å²) in [6, 6.07) is 5.75. The highest BCUT2D eigenvalue weighted by molar-refractivity contribution is 8.01. The molecule has 1 amide bonds. The van der Waals surface area contributed by atoms with E-state index < -0.39 is 6.09 Å². The van der Waals surface area contributed by atoms with Crippen LogP contribution in [0.5, 0.6) is 0 Å². The molecule has 0 saturated carbocycles. The molecule has 1 aromatic heterocycles. The van der Waals surface area contributed by atoms with Gasteiger partial charge in [0.15, 0.2) is 4.34 Å². The van der Waals surface area contributed by atoms with Gasteiger partial charge in [0.25, 0.3) is 0 Å². The third kappa shape index (κ3) is 3.02. The largest absolute Gasteiger partial charge is 0.465 e. The molecule has 3 rings (SSSR count). The zero-order valence-corrected chi connectivity index (χ0v) is 13.0. The number of aromatic nitrogens is 1. The first-order valence-electron chi connectivity index (χ1n) is 6.32. The summed E-state index contributed by atoms with van der Waals surface area (Å²) in [5.74, 6) is 0. The Kier molecular flexibility index (Phi) is 4.05. The van der Waals surface area contributed by atoms with E-state index in [4.69, 9.17) is 16.7 Å². The summed E-state index contributed by atoms with van der Waals surface area (Å²) in [7, 11) is 0. The van der Waals surface area contributed by atoms with Crippen molar-refractivity contribution in [2.24, 2.45) is 0 Å². The standard InChI is InChI=1S/C13H13ClN2O2S2/c14-8-1-2-11-10(7-8)15-12(20-11)19-9-3-5-16(6-4-9)13(17)18/h1-2,7,9H,3-6H2,(H,17,18). The van der Waals surface area contributed by atoms with Crippen LogP contribution in [0.3, 0.4) is 0 Å². The zero-order valence-electron chi connectivity index (χ0n) is 10.6. The number of amides is 1. The van der Waals surface area contributed by atoms with Gasteiger partial charge in [-0.25, -0.2) is 9.78 Å². The first-order chi connectivity index (χ1) is 9.61. The van der Waals surface area contributed by atoms with Gasteiger partial charge in [0.2, 0.25) is 0 Å². The number of benzene rings is 1. The molecule has 20 heavy (non-hydrogen) atoms. The van der Waals surface area contributed by atoms with Crippen molar-refractivity contribution in [3.63, 3.8) is 0 Å². The molecule has 1 N–H and O–H groups in total. The maximum absolute atomic E-state index is 10.9. The monoisotopic (exact) mass is 328 g/mol. The third-order valence-corrected chi connectivity index (χ3v) is 6.01. The number of carbonyl (C=O) groups is 1. The van der Waals surface area contributed by atoms with Crippen LogP contribution in [-0.4, -0.2) is 39.4 Å². The topological polar surface area (TPSA) is 53.4 Å². The van der Waals surface area contributed by atoms with E-state index in [0.29, 0.717) is 23.4 Å². The van der Waals surface area contributed by atoms with Gasteiger partial charge in [0.05, 0.1) is 10.2 Å². The molecule has 0 radical (unpaired) electrons. The Morgan fingerprint density at radius 1 is 1.45 bits per heavy atom. The Labute approximate surface area is 129 Å². The highest BCUT2D eigenvalue weighted by atomic mass is 35.5. The Bertz CT molecular complexity index is 638. The van der Waals surface area contributed by atoms with Gasteiger partial charge in [-0.05, 0) is 31.0 Å². The van der Waals surface area contributed by atoms with E-state index in [2.05, 4.69) is 4.98 Å². The van der Waals surface area contributed by atoms with E-state index in [0.717, 1.165) is 27.4 Å². The molecule has 2 heterocycles. The summed E-state index contributed by atoms with van der Waals surface area (Å²) in [4.78, 5) is 16.9. The van der Waals surface area contributed by atoms with Gasteiger partial charge in [-0.1, -0.05) is 23.4 Å². The SMILES string of the molecule is O=C(O)N1CCC(Sc2nc3cc(Cl)ccc3s2)CC1. The molecule has 4 nitrogen and oxygen atoms in total. The van der Waals surface area contributed by atoms with Crippen molar-refractivity contribution in [2.45, 2.75) is 22.4 Å². The third-order valence-electron chi connectivity index (χ3n) is 3.31. The minimum atomic E-state index is -0.817. The second kappa shape index (κ2) is 5.79. The summed E-state index contributed by atoms with van der Waals surface area (Å²) < 4.78 is 2.18. The maximum atomic E-state index is 10.9. The minimum Gasteiger partial charge on any atom is -0.465 e. The lowest BCUT2D eigenvalue weighted by atomic mass is 10.1. The summed E-state index contributed by atoms with van der Waals surface area (Å²) >= 11 is 9.39. The predicted molar refractivity (Wildman–Crippen MR) is 83.1 cm³/mol. The molecule has 0 atom stereocenters. The first-order valence-corrected chi connectivity index (χ1v) is 8.40. The number of thioether (sulfide) groups is 1. The van der Waals surface area contributed by atoms with Gasteiger partial charge in [0, 0.05) is 23.4 Å². The number of piperidine rings is 1. The first kappa shape index (κ1) is 14.0. The summed E-state index contributed by atoms with van der Waals surface area (Å²) in [6.07, 6.45) is 0.949. The van der Waals surface area contributed by atoms with Crippen LogP contribution in [0.2, 0.25) is 5.02 Å². The van der Waals surface area contributed by atoms with Crippen LogP contribution in [0, 0.1) is 0 Å². The van der Waals surface area contributed by atoms with E-state index in [1.54, 1.807) is 23.1 Å². The van der Waals surface area contributed by atoms with E-state index in [1.807, 2.05) is 18.2 Å². The van der Waals surface area contributed by atoms with Crippen LogP contribution in [0.15, 0.2) is 22.5 Å². The molecular weight excluding hydrogens is 316 g/mol. The van der Waals surface area contributed by atoms with Crippen LogP contribution >= 0.6 is 34.7 Å². The lowest BCUT2D eigenvalue weighted by Crippen LogP contribution is -2.38. The van der Waals surface area contributed by atoms with E-state index >= 15 is 0 Å².